The molecule has 43 heavy (non-hydrogen) atoms. The molecule has 0 spiro atoms. The number of carboxylic acid groups (broad SMARTS) is 1. The maximum atomic E-state index is 13.4. The fourth-order valence-corrected chi connectivity index (χ4v) is 4.24. The number of nitrogens with zero attached hydrogens (tertiary/aromatic N) is 1. The average Bonchev–Trinajstić information content (AvgIpc) is 2.96. The molecular formula is C31H24BrF3N2O6. The summed E-state index contributed by atoms with van der Waals surface area (Å²) in [6.07, 6.45) is -5.96. The van der Waals surface area contributed by atoms with Gasteiger partial charge in [0.05, 0.1) is 13.0 Å². The Balaban J connectivity index is 1.55. The number of carbonyl (C=O) groups excluding carboxylic acids is 2. The molecule has 0 unspecified atom stereocenters. The van der Waals surface area contributed by atoms with Gasteiger partial charge in [0.15, 0.2) is 0 Å². The van der Waals surface area contributed by atoms with Gasteiger partial charge in [-0.2, -0.15) is 0 Å². The Morgan fingerprint density at radius 1 is 0.837 bits per heavy atom. The van der Waals surface area contributed by atoms with Crippen molar-refractivity contribution in [2.45, 2.75) is 19.3 Å². The second kappa shape index (κ2) is 13.9. The number of rotatable bonds is 10. The highest BCUT2D eigenvalue weighted by Crippen LogP contribution is 2.28. The lowest BCUT2D eigenvalue weighted by Crippen LogP contribution is -2.33. The van der Waals surface area contributed by atoms with Crippen LogP contribution in [0, 0.1) is 0 Å². The first kappa shape index (κ1) is 31.1. The molecule has 0 bridgehead atoms. The molecule has 0 saturated carbocycles. The molecule has 4 aromatic rings. The fraction of sp³-hybridized carbons (Fsp3) is 0.129. The van der Waals surface area contributed by atoms with Gasteiger partial charge in [0.2, 0.25) is 0 Å². The van der Waals surface area contributed by atoms with Crippen molar-refractivity contribution < 1.29 is 42.1 Å². The van der Waals surface area contributed by atoms with Crippen molar-refractivity contribution in [1.82, 2.24) is 5.32 Å². The van der Waals surface area contributed by atoms with Crippen LogP contribution in [0.4, 0.5) is 23.7 Å². The van der Waals surface area contributed by atoms with Gasteiger partial charge < -0.3 is 19.9 Å². The van der Waals surface area contributed by atoms with E-state index in [4.69, 9.17) is 9.84 Å². The summed E-state index contributed by atoms with van der Waals surface area (Å²) < 4.78 is 48.9. The Kier molecular flexibility index (Phi) is 10.0. The van der Waals surface area contributed by atoms with Gasteiger partial charge in [-0.3, -0.25) is 14.5 Å². The number of anilines is 1. The van der Waals surface area contributed by atoms with Crippen LogP contribution < -0.4 is 19.7 Å². The summed E-state index contributed by atoms with van der Waals surface area (Å²) in [6, 6.07) is 25.5. The predicted molar refractivity (Wildman–Crippen MR) is 156 cm³/mol. The number of amides is 2. The van der Waals surface area contributed by atoms with E-state index in [1.54, 1.807) is 24.3 Å². The zero-order valence-electron chi connectivity index (χ0n) is 22.3. The summed E-state index contributed by atoms with van der Waals surface area (Å²) in [7, 11) is 0. The number of halogens is 4. The van der Waals surface area contributed by atoms with E-state index in [0.717, 1.165) is 27.7 Å². The van der Waals surface area contributed by atoms with Crippen molar-refractivity contribution in [2.24, 2.45) is 0 Å². The largest absolute Gasteiger partial charge is 0.573 e. The zero-order chi connectivity index (χ0) is 31.0. The second-order valence-electron chi connectivity index (χ2n) is 9.13. The predicted octanol–water partition coefficient (Wildman–Crippen LogP) is 7.42. The Morgan fingerprint density at radius 2 is 1.47 bits per heavy atom. The number of carboxylic acids is 1. The number of alkyl halides is 3. The third kappa shape index (κ3) is 9.33. The van der Waals surface area contributed by atoms with Gasteiger partial charge in [-0.05, 0) is 77.4 Å². The van der Waals surface area contributed by atoms with Gasteiger partial charge in [-0.25, -0.2) is 4.79 Å². The van der Waals surface area contributed by atoms with Gasteiger partial charge in [-0.1, -0.05) is 52.3 Å². The molecule has 0 saturated heterocycles. The van der Waals surface area contributed by atoms with Crippen LogP contribution in [0.15, 0.2) is 102 Å². The first-order valence-corrected chi connectivity index (χ1v) is 13.6. The van der Waals surface area contributed by atoms with Gasteiger partial charge in [-0.15, -0.1) is 13.2 Å². The number of carbonyl (C=O) groups is 3. The fourth-order valence-electron chi connectivity index (χ4n) is 3.98. The molecule has 0 atom stereocenters. The highest BCUT2D eigenvalue weighted by Gasteiger charge is 2.31. The molecule has 0 radical (unpaired) electrons. The first-order chi connectivity index (χ1) is 20.5. The van der Waals surface area contributed by atoms with E-state index in [9.17, 15) is 27.6 Å². The summed E-state index contributed by atoms with van der Waals surface area (Å²) in [5.41, 5.74) is 2.67. The monoisotopic (exact) mass is 656 g/mol. The molecule has 0 aliphatic heterocycles. The van der Waals surface area contributed by atoms with Crippen LogP contribution in [-0.2, 0) is 11.3 Å². The SMILES string of the molecule is O=C(O)CCNC(=O)c1ccc(N(Cc2cccc(OC(F)(F)F)c2)C(=O)Oc2ccc(-c3ccc(Br)cc3)cc2)cc1. The molecule has 0 heterocycles. The highest BCUT2D eigenvalue weighted by molar-refractivity contribution is 9.10. The van der Waals surface area contributed by atoms with Crippen LogP contribution in [0.2, 0.25) is 0 Å². The number of ether oxygens (including phenoxy) is 2. The third-order valence-corrected chi connectivity index (χ3v) is 6.52. The normalized spacial score (nSPS) is 11.0. The van der Waals surface area contributed by atoms with Gasteiger partial charge in [0, 0.05) is 22.3 Å². The standard InChI is InChI=1S/C31H24BrF3N2O6/c32-24-10-4-21(5-11-24)22-8-14-26(15-9-22)42-30(41)37(19-20-2-1-3-27(18-20)43-31(33,34)35)25-12-6-23(7-13-25)29(40)36-17-16-28(38)39/h1-15,18H,16-17,19H2,(H,36,40)(H,38,39). The summed E-state index contributed by atoms with van der Waals surface area (Å²) in [5.74, 6) is -1.78. The van der Waals surface area contributed by atoms with E-state index in [1.807, 2.05) is 24.3 Å². The molecular weight excluding hydrogens is 633 g/mol. The molecule has 2 amide bonds. The van der Waals surface area contributed by atoms with E-state index in [-0.39, 0.29) is 30.8 Å². The number of aliphatic carboxylic acids is 1. The Bertz CT molecular complexity index is 1580. The number of nitrogens with one attached hydrogen (secondary N) is 1. The summed E-state index contributed by atoms with van der Waals surface area (Å²) in [4.78, 5) is 37.6. The van der Waals surface area contributed by atoms with Crippen LogP contribution in [0.25, 0.3) is 11.1 Å². The van der Waals surface area contributed by atoms with Crippen LogP contribution in [0.1, 0.15) is 22.3 Å². The smallest absolute Gasteiger partial charge is 0.481 e. The molecule has 4 rings (SSSR count). The minimum absolute atomic E-state index is 0.0642. The average molecular weight is 657 g/mol. The molecule has 2 N–H and O–H groups in total. The Morgan fingerprint density at radius 3 is 2.07 bits per heavy atom. The number of hydrogen-bond acceptors (Lipinski definition) is 5. The lowest BCUT2D eigenvalue weighted by molar-refractivity contribution is -0.274. The van der Waals surface area contributed by atoms with Crippen molar-refractivity contribution in [3.63, 3.8) is 0 Å². The first-order valence-electron chi connectivity index (χ1n) is 12.8. The third-order valence-electron chi connectivity index (χ3n) is 6.00. The van der Waals surface area contributed by atoms with Gasteiger partial charge >= 0.3 is 18.4 Å². The van der Waals surface area contributed by atoms with E-state index < -0.39 is 30.1 Å². The van der Waals surface area contributed by atoms with Crippen LogP contribution >= 0.6 is 15.9 Å². The maximum absolute atomic E-state index is 13.4. The maximum Gasteiger partial charge on any atom is 0.573 e. The van der Waals surface area contributed by atoms with E-state index in [0.29, 0.717) is 11.3 Å². The van der Waals surface area contributed by atoms with Crippen molar-refractivity contribution in [2.75, 3.05) is 11.4 Å². The van der Waals surface area contributed by atoms with Crippen molar-refractivity contribution >= 4 is 39.6 Å². The zero-order valence-corrected chi connectivity index (χ0v) is 23.9. The summed E-state index contributed by atoms with van der Waals surface area (Å²) in [6.45, 7) is -0.250. The van der Waals surface area contributed by atoms with E-state index in [2.05, 4.69) is 26.0 Å². The van der Waals surface area contributed by atoms with Crippen molar-refractivity contribution in [3.05, 3.63) is 113 Å². The molecule has 8 nitrogen and oxygen atoms in total. The van der Waals surface area contributed by atoms with Gasteiger partial charge in [0.25, 0.3) is 5.91 Å². The lowest BCUT2D eigenvalue weighted by Gasteiger charge is -2.23. The summed E-state index contributed by atoms with van der Waals surface area (Å²) >= 11 is 3.40. The van der Waals surface area contributed by atoms with E-state index in [1.165, 1.54) is 41.3 Å². The van der Waals surface area contributed by atoms with E-state index >= 15 is 0 Å². The lowest BCUT2D eigenvalue weighted by atomic mass is 10.1. The molecule has 222 valence electrons. The number of hydrogen-bond donors (Lipinski definition) is 2. The molecule has 0 aromatic heterocycles. The van der Waals surface area contributed by atoms with Crippen molar-refractivity contribution in [3.8, 4) is 22.6 Å². The molecule has 0 aliphatic rings. The molecule has 12 heteroatoms. The molecule has 4 aromatic carbocycles. The minimum atomic E-state index is -4.89. The Hall–Kier alpha value is -4.84. The highest BCUT2D eigenvalue weighted by atomic mass is 79.9. The van der Waals surface area contributed by atoms with Crippen LogP contribution in [-0.4, -0.2) is 36.0 Å². The van der Waals surface area contributed by atoms with Crippen LogP contribution in [0.3, 0.4) is 0 Å². The Labute approximate surface area is 252 Å². The molecule has 0 fully saturated rings. The minimum Gasteiger partial charge on any atom is -0.481 e. The quantitative estimate of drug-likeness (QED) is 0.184. The topological polar surface area (TPSA) is 105 Å². The summed E-state index contributed by atoms with van der Waals surface area (Å²) in [5, 5.41) is 11.2. The second-order valence-corrected chi connectivity index (χ2v) is 10.0. The van der Waals surface area contributed by atoms with Gasteiger partial charge in [0.1, 0.15) is 11.5 Å². The van der Waals surface area contributed by atoms with Crippen molar-refractivity contribution in [1.29, 1.82) is 0 Å². The van der Waals surface area contributed by atoms with Crippen LogP contribution in [0.5, 0.6) is 11.5 Å². The number of benzene rings is 4. The molecule has 0 aliphatic carbocycles.